The Kier molecular flexibility index (Phi) is 6.07. The number of pyridine rings is 1. The molecule has 0 bridgehead atoms. The summed E-state index contributed by atoms with van der Waals surface area (Å²) in [7, 11) is 1.59. The van der Waals surface area contributed by atoms with Crippen LogP contribution in [-0.2, 0) is 6.54 Å². The molecule has 1 amide bonds. The summed E-state index contributed by atoms with van der Waals surface area (Å²) < 4.78 is 10.9. The predicted molar refractivity (Wildman–Crippen MR) is 99.6 cm³/mol. The van der Waals surface area contributed by atoms with E-state index in [0.29, 0.717) is 23.7 Å². The quantitative estimate of drug-likeness (QED) is 0.797. The van der Waals surface area contributed by atoms with Crippen LogP contribution in [0, 0.1) is 0 Å². The lowest BCUT2D eigenvalue weighted by Crippen LogP contribution is -2.48. The van der Waals surface area contributed by atoms with Crippen molar-refractivity contribution >= 4 is 5.91 Å². The Hall–Kier alpha value is -2.60. The van der Waals surface area contributed by atoms with Crippen LogP contribution in [0.15, 0.2) is 42.7 Å². The van der Waals surface area contributed by atoms with E-state index in [1.807, 2.05) is 36.4 Å². The summed E-state index contributed by atoms with van der Waals surface area (Å²) in [6.07, 6.45) is 3.63. The number of methoxy groups -OCH3 is 1. The molecule has 0 unspecified atom stereocenters. The van der Waals surface area contributed by atoms with E-state index in [4.69, 9.17) is 9.47 Å². The molecule has 0 saturated carbocycles. The first-order valence-electron chi connectivity index (χ1n) is 8.92. The zero-order valence-corrected chi connectivity index (χ0v) is 15.4. The van der Waals surface area contributed by atoms with Crippen LogP contribution in [0.4, 0.5) is 0 Å². The lowest BCUT2D eigenvalue weighted by atomic mass is 10.1. The number of carbonyl (C=O) groups excluding carboxylic acids is 1. The number of nitrogens with zero attached hydrogens (tertiary/aromatic N) is 3. The summed E-state index contributed by atoms with van der Waals surface area (Å²) in [6, 6.07) is 9.43. The molecule has 1 aliphatic heterocycles. The largest absolute Gasteiger partial charge is 0.493 e. The van der Waals surface area contributed by atoms with E-state index in [1.54, 1.807) is 25.3 Å². The molecule has 0 spiro atoms. The average Bonchev–Trinajstić information content (AvgIpc) is 2.69. The van der Waals surface area contributed by atoms with E-state index in [2.05, 4.69) is 9.88 Å². The minimum Gasteiger partial charge on any atom is -0.493 e. The van der Waals surface area contributed by atoms with E-state index in [0.717, 1.165) is 32.7 Å². The molecule has 1 saturated heterocycles. The molecule has 3 rings (SSSR count). The normalized spacial score (nSPS) is 14.9. The molecule has 2 aromatic rings. The van der Waals surface area contributed by atoms with Crippen LogP contribution in [0.5, 0.6) is 11.5 Å². The van der Waals surface area contributed by atoms with Crippen molar-refractivity contribution in [1.82, 2.24) is 14.8 Å². The smallest absolute Gasteiger partial charge is 0.254 e. The maximum Gasteiger partial charge on any atom is 0.254 e. The molecule has 0 radical (unpaired) electrons. The standard InChI is InChI=1S/C20H25N3O3/c1-3-26-18-5-4-17(14-19(18)25-2)20(24)23-12-10-22(11-13-23)15-16-6-8-21-9-7-16/h4-9,14H,3,10-13,15H2,1-2H3. The van der Waals surface area contributed by atoms with E-state index in [1.165, 1.54) is 5.56 Å². The van der Waals surface area contributed by atoms with Crippen molar-refractivity contribution < 1.29 is 14.3 Å². The van der Waals surface area contributed by atoms with Crippen LogP contribution < -0.4 is 9.47 Å². The van der Waals surface area contributed by atoms with Gasteiger partial charge in [0.25, 0.3) is 5.91 Å². The van der Waals surface area contributed by atoms with Crippen molar-refractivity contribution in [2.75, 3.05) is 39.9 Å². The van der Waals surface area contributed by atoms with Crippen molar-refractivity contribution in [1.29, 1.82) is 0 Å². The Morgan fingerprint density at radius 1 is 1.08 bits per heavy atom. The van der Waals surface area contributed by atoms with Crippen LogP contribution in [-0.4, -0.2) is 60.6 Å². The Labute approximate surface area is 154 Å². The first-order chi connectivity index (χ1) is 12.7. The molecule has 6 heteroatoms. The van der Waals surface area contributed by atoms with Crippen LogP contribution >= 0.6 is 0 Å². The number of aromatic nitrogens is 1. The van der Waals surface area contributed by atoms with Gasteiger partial charge < -0.3 is 14.4 Å². The highest BCUT2D eigenvalue weighted by Gasteiger charge is 2.23. The molecule has 2 heterocycles. The molecule has 6 nitrogen and oxygen atoms in total. The maximum atomic E-state index is 12.8. The first-order valence-corrected chi connectivity index (χ1v) is 8.92. The highest BCUT2D eigenvalue weighted by atomic mass is 16.5. The molecule has 138 valence electrons. The van der Waals surface area contributed by atoms with Gasteiger partial charge in [0, 0.05) is 50.7 Å². The summed E-state index contributed by atoms with van der Waals surface area (Å²) in [5.74, 6) is 1.29. The Balaban J connectivity index is 1.59. The zero-order valence-electron chi connectivity index (χ0n) is 15.4. The molecule has 1 fully saturated rings. The summed E-state index contributed by atoms with van der Waals surface area (Å²) in [5.41, 5.74) is 1.88. The van der Waals surface area contributed by atoms with Crippen LogP contribution in [0.1, 0.15) is 22.8 Å². The van der Waals surface area contributed by atoms with Gasteiger partial charge >= 0.3 is 0 Å². The van der Waals surface area contributed by atoms with Gasteiger partial charge in [-0.25, -0.2) is 0 Å². The van der Waals surface area contributed by atoms with Gasteiger partial charge in [-0.05, 0) is 42.8 Å². The highest BCUT2D eigenvalue weighted by Crippen LogP contribution is 2.28. The Bertz CT molecular complexity index is 728. The third-order valence-corrected chi connectivity index (χ3v) is 4.53. The van der Waals surface area contributed by atoms with Crippen molar-refractivity contribution in [3.05, 3.63) is 53.9 Å². The second-order valence-corrected chi connectivity index (χ2v) is 6.22. The van der Waals surface area contributed by atoms with Gasteiger partial charge in [0.15, 0.2) is 11.5 Å². The summed E-state index contributed by atoms with van der Waals surface area (Å²) in [4.78, 5) is 21.1. The van der Waals surface area contributed by atoms with Crippen molar-refractivity contribution in [2.24, 2.45) is 0 Å². The minimum atomic E-state index is 0.0370. The topological polar surface area (TPSA) is 54.9 Å². The third kappa shape index (κ3) is 4.32. The molecule has 26 heavy (non-hydrogen) atoms. The van der Waals surface area contributed by atoms with E-state index < -0.39 is 0 Å². The van der Waals surface area contributed by atoms with Gasteiger partial charge in [-0.15, -0.1) is 0 Å². The first kappa shape index (κ1) is 18.2. The van der Waals surface area contributed by atoms with Crippen LogP contribution in [0.2, 0.25) is 0 Å². The van der Waals surface area contributed by atoms with Gasteiger partial charge in [0.2, 0.25) is 0 Å². The van der Waals surface area contributed by atoms with Crippen LogP contribution in [0.3, 0.4) is 0 Å². The number of benzene rings is 1. The number of rotatable bonds is 6. The van der Waals surface area contributed by atoms with Crippen molar-refractivity contribution in [2.45, 2.75) is 13.5 Å². The van der Waals surface area contributed by atoms with E-state index >= 15 is 0 Å². The SMILES string of the molecule is CCOc1ccc(C(=O)N2CCN(Cc3ccncc3)CC2)cc1OC. The zero-order chi connectivity index (χ0) is 18.4. The number of ether oxygens (including phenoxy) is 2. The predicted octanol–water partition coefficient (Wildman–Crippen LogP) is 2.45. The van der Waals surface area contributed by atoms with E-state index in [-0.39, 0.29) is 5.91 Å². The Morgan fingerprint density at radius 3 is 2.46 bits per heavy atom. The van der Waals surface area contributed by atoms with Gasteiger partial charge in [0.05, 0.1) is 13.7 Å². The summed E-state index contributed by atoms with van der Waals surface area (Å²) >= 11 is 0. The number of hydrogen-bond acceptors (Lipinski definition) is 5. The molecular formula is C20H25N3O3. The second-order valence-electron chi connectivity index (χ2n) is 6.22. The molecule has 0 atom stereocenters. The summed E-state index contributed by atoms with van der Waals surface area (Å²) in [6.45, 7) is 6.54. The fourth-order valence-electron chi connectivity index (χ4n) is 3.11. The lowest BCUT2D eigenvalue weighted by molar-refractivity contribution is 0.0628. The molecule has 0 N–H and O–H groups in total. The van der Waals surface area contributed by atoms with Gasteiger partial charge in [0.1, 0.15) is 0 Å². The monoisotopic (exact) mass is 355 g/mol. The molecule has 1 aromatic carbocycles. The van der Waals surface area contributed by atoms with E-state index in [9.17, 15) is 4.79 Å². The van der Waals surface area contributed by atoms with Crippen molar-refractivity contribution in [3.63, 3.8) is 0 Å². The third-order valence-electron chi connectivity index (χ3n) is 4.53. The molecular weight excluding hydrogens is 330 g/mol. The Morgan fingerprint density at radius 2 is 1.81 bits per heavy atom. The average molecular weight is 355 g/mol. The van der Waals surface area contributed by atoms with Crippen LogP contribution in [0.25, 0.3) is 0 Å². The van der Waals surface area contributed by atoms with Gasteiger partial charge in [-0.1, -0.05) is 0 Å². The number of hydrogen-bond donors (Lipinski definition) is 0. The minimum absolute atomic E-state index is 0.0370. The van der Waals surface area contributed by atoms with Gasteiger partial charge in [-0.3, -0.25) is 14.7 Å². The molecule has 1 aromatic heterocycles. The second kappa shape index (κ2) is 8.67. The highest BCUT2D eigenvalue weighted by molar-refractivity contribution is 5.95. The number of piperazine rings is 1. The maximum absolute atomic E-state index is 12.8. The molecule has 0 aliphatic carbocycles. The fraction of sp³-hybridized carbons (Fsp3) is 0.400. The van der Waals surface area contributed by atoms with Crippen molar-refractivity contribution in [3.8, 4) is 11.5 Å². The lowest BCUT2D eigenvalue weighted by Gasteiger charge is -2.34. The molecule has 1 aliphatic rings. The fourth-order valence-corrected chi connectivity index (χ4v) is 3.11. The van der Waals surface area contributed by atoms with Gasteiger partial charge in [-0.2, -0.15) is 0 Å². The number of amides is 1. The summed E-state index contributed by atoms with van der Waals surface area (Å²) in [5, 5.41) is 0. The number of carbonyl (C=O) groups is 1.